The summed E-state index contributed by atoms with van der Waals surface area (Å²) in [5.41, 5.74) is 5.66. The van der Waals surface area contributed by atoms with E-state index in [1.54, 1.807) is 0 Å². The highest BCUT2D eigenvalue weighted by Crippen LogP contribution is 2.39. The van der Waals surface area contributed by atoms with E-state index in [0.29, 0.717) is 0 Å². The molecule has 1 aliphatic rings. The van der Waals surface area contributed by atoms with Crippen LogP contribution in [0.15, 0.2) is 47.0 Å². The van der Waals surface area contributed by atoms with Crippen LogP contribution in [-0.4, -0.2) is 6.54 Å². The lowest BCUT2D eigenvalue weighted by atomic mass is 10.00. The van der Waals surface area contributed by atoms with Crippen LogP contribution in [0.4, 0.5) is 5.88 Å². The van der Waals surface area contributed by atoms with Crippen LogP contribution in [-0.2, 0) is 7.05 Å². The fraction of sp³-hybridized carbons (Fsp3) is 0.167. The fourth-order valence-electron chi connectivity index (χ4n) is 3.01. The lowest BCUT2D eigenvalue weighted by Gasteiger charge is -2.05. The molecule has 0 radical (unpaired) electrons. The van der Waals surface area contributed by atoms with Crippen LogP contribution in [0.3, 0.4) is 0 Å². The zero-order chi connectivity index (χ0) is 14.4. The Morgan fingerprint density at radius 2 is 2.10 bits per heavy atom. The molecule has 0 saturated heterocycles. The molecule has 104 valence electrons. The van der Waals surface area contributed by atoms with E-state index in [2.05, 4.69) is 66.5 Å². The van der Waals surface area contributed by atoms with Crippen molar-refractivity contribution < 1.29 is 8.98 Å². The van der Waals surface area contributed by atoms with Crippen molar-refractivity contribution in [3.63, 3.8) is 0 Å². The molecule has 0 unspecified atom stereocenters. The van der Waals surface area contributed by atoms with E-state index in [1.165, 1.54) is 11.1 Å². The number of pyridine rings is 1. The lowest BCUT2D eigenvalue weighted by Crippen LogP contribution is -2.30. The molecule has 1 aliphatic heterocycles. The molecule has 4 rings (SSSR count). The molecule has 0 aliphatic carbocycles. The number of nitrogens with zero attached hydrogens (tertiary/aromatic N) is 1. The van der Waals surface area contributed by atoms with Crippen molar-refractivity contribution in [3.05, 3.63) is 53.7 Å². The maximum atomic E-state index is 6.14. The molecule has 1 aromatic carbocycles. The smallest absolute Gasteiger partial charge is 0.216 e. The number of hydrogen-bond acceptors (Lipinski definition) is 2. The van der Waals surface area contributed by atoms with Gasteiger partial charge >= 0.3 is 0 Å². The summed E-state index contributed by atoms with van der Waals surface area (Å²) in [6.07, 6.45) is 6.33. The Hall–Kier alpha value is -2.55. The van der Waals surface area contributed by atoms with Crippen LogP contribution < -0.4 is 9.88 Å². The van der Waals surface area contributed by atoms with E-state index < -0.39 is 0 Å². The van der Waals surface area contributed by atoms with Gasteiger partial charge in [0.2, 0.25) is 11.6 Å². The maximum absolute atomic E-state index is 6.14. The first kappa shape index (κ1) is 12.2. The van der Waals surface area contributed by atoms with Gasteiger partial charge < -0.3 is 9.73 Å². The number of fused-ring (bicyclic) bond motifs is 3. The summed E-state index contributed by atoms with van der Waals surface area (Å²) in [5.74, 6) is 0.873. The SMILES string of the molecule is Cc1ccc2c3c(oc2c1-c1cccc[n+]1C)NCC=C3. The van der Waals surface area contributed by atoms with Gasteiger partial charge in [-0.3, -0.25) is 0 Å². The first-order valence-corrected chi connectivity index (χ1v) is 7.17. The van der Waals surface area contributed by atoms with Gasteiger partial charge in [-0.15, -0.1) is 0 Å². The third-order valence-corrected chi connectivity index (χ3v) is 4.08. The minimum absolute atomic E-state index is 0.820. The predicted octanol–water partition coefficient (Wildman–Crippen LogP) is 3.67. The maximum Gasteiger partial charge on any atom is 0.216 e. The number of rotatable bonds is 1. The van der Waals surface area contributed by atoms with Crippen molar-refractivity contribution in [1.82, 2.24) is 0 Å². The molecule has 0 spiro atoms. The van der Waals surface area contributed by atoms with Gasteiger partial charge in [-0.05, 0) is 18.6 Å². The Bertz CT molecular complexity index is 874. The van der Waals surface area contributed by atoms with E-state index in [-0.39, 0.29) is 0 Å². The fourth-order valence-corrected chi connectivity index (χ4v) is 3.01. The topological polar surface area (TPSA) is 29.0 Å². The Labute approximate surface area is 123 Å². The highest BCUT2D eigenvalue weighted by molar-refractivity contribution is 6.01. The molecular formula is C18H17N2O+. The molecule has 3 aromatic rings. The van der Waals surface area contributed by atoms with Gasteiger partial charge in [0, 0.05) is 29.6 Å². The van der Waals surface area contributed by atoms with Gasteiger partial charge in [-0.1, -0.05) is 24.3 Å². The summed E-state index contributed by atoms with van der Waals surface area (Å²) in [7, 11) is 2.06. The summed E-state index contributed by atoms with van der Waals surface area (Å²) >= 11 is 0. The molecule has 0 saturated carbocycles. The molecule has 0 amide bonds. The molecule has 2 aromatic heterocycles. The van der Waals surface area contributed by atoms with E-state index in [0.717, 1.165) is 34.7 Å². The van der Waals surface area contributed by atoms with Crippen molar-refractivity contribution in [2.24, 2.45) is 7.05 Å². The molecule has 3 heteroatoms. The minimum Gasteiger partial charge on any atom is -0.439 e. The summed E-state index contributed by atoms with van der Waals surface area (Å²) in [6, 6.07) is 10.6. The number of anilines is 1. The van der Waals surface area contributed by atoms with Crippen molar-refractivity contribution in [3.8, 4) is 11.3 Å². The number of nitrogens with one attached hydrogen (secondary N) is 1. The van der Waals surface area contributed by atoms with Crippen LogP contribution in [0.2, 0.25) is 0 Å². The van der Waals surface area contributed by atoms with Crippen LogP contribution in [0, 0.1) is 6.92 Å². The number of benzene rings is 1. The lowest BCUT2D eigenvalue weighted by molar-refractivity contribution is -0.660. The van der Waals surface area contributed by atoms with Gasteiger partial charge in [0.15, 0.2) is 11.8 Å². The monoisotopic (exact) mass is 277 g/mol. The van der Waals surface area contributed by atoms with Gasteiger partial charge in [0.1, 0.15) is 7.05 Å². The second kappa shape index (κ2) is 4.48. The van der Waals surface area contributed by atoms with E-state index in [1.807, 2.05) is 6.07 Å². The third-order valence-electron chi connectivity index (χ3n) is 4.08. The largest absolute Gasteiger partial charge is 0.439 e. The average molecular weight is 277 g/mol. The Kier molecular flexibility index (Phi) is 2.61. The second-order valence-electron chi connectivity index (χ2n) is 5.46. The summed E-state index contributed by atoms with van der Waals surface area (Å²) in [6.45, 7) is 2.95. The van der Waals surface area contributed by atoms with E-state index in [4.69, 9.17) is 4.42 Å². The standard InChI is InChI=1S/C18H17N2O/c1-12-8-9-13-14-6-5-10-19-18(14)21-17(13)16(12)15-7-3-4-11-20(15)2/h3-9,11,19H,10H2,1-2H3/q+1. The number of hydrogen-bond donors (Lipinski definition) is 1. The molecule has 21 heavy (non-hydrogen) atoms. The third kappa shape index (κ3) is 1.77. The summed E-state index contributed by atoms with van der Waals surface area (Å²) in [4.78, 5) is 0. The summed E-state index contributed by atoms with van der Waals surface area (Å²) < 4.78 is 8.27. The quantitative estimate of drug-likeness (QED) is 0.688. The Morgan fingerprint density at radius 3 is 2.95 bits per heavy atom. The molecule has 3 nitrogen and oxygen atoms in total. The number of aryl methyl sites for hydroxylation is 2. The van der Waals surface area contributed by atoms with Crippen LogP contribution in [0.25, 0.3) is 28.3 Å². The molecule has 0 fully saturated rings. The summed E-state index contributed by atoms with van der Waals surface area (Å²) in [5, 5.41) is 4.47. The van der Waals surface area contributed by atoms with Gasteiger partial charge in [-0.2, -0.15) is 0 Å². The van der Waals surface area contributed by atoms with Crippen LogP contribution in [0.5, 0.6) is 0 Å². The molecule has 0 bridgehead atoms. The molecular weight excluding hydrogens is 260 g/mol. The van der Waals surface area contributed by atoms with Crippen LogP contribution >= 0.6 is 0 Å². The van der Waals surface area contributed by atoms with Crippen molar-refractivity contribution >= 4 is 22.9 Å². The zero-order valence-corrected chi connectivity index (χ0v) is 12.2. The van der Waals surface area contributed by atoms with E-state index >= 15 is 0 Å². The minimum atomic E-state index is 0.820. The number of furan rings is 1. The first-order valence-electron chi connectivity index (χ1n) is 7.17. The normalized spacial score (nSPS) is 13.2. The highest BCUT2D eigenvalue weighted by atomic mass is 16.4. The molecule has 3 heterocycles. The van der Waals surface area contributed by atoms with Gasteiger partial charge in [0.05, 0.1) is 5.56 Å². The van der Waals surface area contributed by atoms with Crippen molar-refractivity contribution in [2.75, 3.05) is 11.9 Å². The molecule has 0 atom stereocenters. The van der Waals surface area contributed by atoms with E-state index in [9.17, 15) is 0 Å². The zero-order valence-electron chi connectivity index (χ0n) is 12.2. The number of aromatic nitrogens is 1. The average Bonchev–Trinajstić information content (AvgIpc) is 2.87. The highest BCUT2D eigenvalue weighted by Gasteiger charge is 2.22. The van der Waals surface area contributed by atoms with Crippen LogP contribution in [0.1, 0.15) is 11.1 Å². The van der Waals surface area contributed by atoms with Crippen molar-refractivity contribution in [2.45, 2.75) is 6.92 Å². The van der Waals surface area contributed by atoms with Gasteiger partial charge in [0.25, 0.3) is 0 Å². The first-order chi connectivity index (χ1) is 10.3. The van der Waals surface area contributed by atoms with Crippen molar-refractivity contribution in [1.29, 1.82) is 0 Å². The Balaban J connectivity index is 2.09. The Morgan fingerprint density at radius 1 is 1.19 bits per heavy atom. The predicted molar refractivity (Wildman–Crippen MR) is 85.1 cm³/mol. The van der Waals surface area contributed by atoms with Gasteiger partial charge in [-0.25, -0.2) is 4.57 Å². The molecule has 1 N–H and O–H groups in total. The second-order valence-corrected chi connectivity index (χ2v) is 5.46.